The van der Waals surface area contributed by atoms with Crippen LogP contribution >= 0.6 is 0 Å². The molecule has 3 heteroatoms. The van der Waals surface area contributed by atoms with E-state index in [9.17, 15) is 5.11 Å². The second-order valence-electron chi connectivity index (χ2n) is 4.82. The van der Waals surface area contributed by atoms with Crippen LogP contribution in [-0.2, 0) is 0 Å². The van der Waals surface area contributed by atoms with Crippen LogP contribution in [0.5, 0.6) is 0 Å². The molecule has 0 aromatic rings. The van der Waals surface area contributed by atoms with Crippen molar-refractivity contribution in [2.24, 2.45) is 5.92 Å². The fourth-order valence-corrected chi connectivity index (χ4v) is 2.39. The molecule has 2 atom stereocenters. The van der Waals surface area contributed by atoms with Gasteiger partial charge in [-0.1, -0.05) is 6.92 Å². The standard InChI is InChI=1S/C12H26N2O/c1-3-7-14(9-11(2)15)10-12-5-4-6-13-8-12/h11-13,15H,3-10H2,1-2H3. The second kappa shape index (κ2) is 7.20. The highest BCUT2D eigenvalue weighted by Crippen LogP contribution is 2.12. The molecule has 0 aromatic heterocycles. The predicted octanol–water partition coefficient (Wildman–Crippen LogP) is 1.08. The Morgan fingerprint density at radius 3 is 2.87 bits per heavy atom. The molecule has 0 spiro atoms. The predicted molar refractivity (Wildman–Crippen MR) is 64.0 cm³/mol. The number of aliphatic hydroxyl groups excluding tert-OH is 1. The first-order chi connectivity index (χ1) is 7.22. The summed E-state index contributed by atoms with van der Waals surface area (Å²) in [7, 11) is 0. The molecule has 0 aliphatic carbocycles. The van der Waals surface area contributed by atoms with Crippen LogP contribution in [0.4, 0.5) is 0 Å². The van der Waals surface area contributed by atoms with E-state index in [4.69, 9.17) is 0 Å². The van der Waals surface area contributed by atoms with Crippen LogP contribution in [-0.4, -0.2) is 48.8 Å². The summed E-state index contributed by atoms with van der Waals surface area (Å²) in [5.41, 5.74) is 0. The number of rotatable bonds is 6. The molecule has 0 amide bonds. The number of hydrogen-bond donors (Lipinski definition) is 2. The van der Waals surface area contributed by atoms with Crippen LogP contribution in [0.25, 0.3) is 0 Å². The summed E-state index contributed by atoms with van der Waals surface area (Å²) >= 11 is 0. The Kier molecular flexibility index (Phi) is 6.22. The van der Waals surface area contributed by atoms with Crippen molar-refractivity contribution in [3.8, 4) is 0 Å². The van der Waals surface area contributed by atoms with E-state index < -0.39 is 0 Å². The highest BCUT2D eigenvalue weighted by Gasteiger charge is 2.17. The Balaban J connectivity index is 2.28. The molecule has 15 heavy (non-hydrogen) atoms. The topological polar surface area (TPSA) is 35.5 Å². The van der Waals surface area contributed by atoms with Crippen molar-refractivity contribution < 1.29 is 5.11 Å². The average Bonchev–Trinajstić information content (AvgIpc) is 2.18. The van der Waals surface area contributed by atoms with Gasteiger partial charge in [0.25, 0.3) is 0 Å². The molecule has 1 aliphatic heterocycles. The summed E-state index contributed by atoms with van der Waals surface area (Å²) in [6.45, 7) is 9.49. The average molecular weight is 214 g/mol. The molecule has 1 rings (SSSR count). The van der Waals surface area contributed by atoms with E-state index in [-0.39, 0.29) is 6.10 Å². The second-order valence-corrected chi connectivity index (χ2v) is 4.82. The van der Waals surface area contributed by atoms with E-state index >= 15 is 0 Å². The molecule has 1 fully saturated rings. The zero-order valence-electron chi connectivity index (χ0n) is 10.2. The molecule has 0 radical (unpaired) electrons. The third-order valence-electron chi connectivity index (χ3n) is 2.98. The molecule has 1 heterocycles. The summed E-state index contributed by atoms with van der Waals surface area (Å²) in [6, 6.07) is 0. The van der Waals surface area contributed by atoms with Gasteiger partial charge in [0.05, 0.1) is 6.10 Å². The van der Waals surface area contributed by atoms with E-state index in [1.165, 1.54) is 25.8 Å². The molecule has 2 unspecified atom stereocenters. The zero-order chi connectivity index (χ0) is 11.1. The first-order valence-corrected chi connectivity index (χ1v) is 6.33. The molecule has 90 valence electrons. The Hall–Kier alpha value is -0.120. The van der Waals surface area contributed by atoms with Gasteiger partial charge in [-0.15, -0.1) is 0 Å². The van der Waals surface area contributed by atoms with Gasteiger partial charge < -0.3 is 15.3 Å². The van der Waals surface area contributed by atoms with Crippen LogP contribution < -0.4 is 5.32 Å². The van der Waals surface area contributed by atoms with Gasteiger partial charge >= 0.3 is 0 Å². The molecule has 0 saturated carbocycles. The van der Waals surface area contributed by atoms with Crippen LogP contribution in [0.15, 0.2) is 0 Å². The maximum absolute atomic E-state index is 9.42. The molecule has 2 N–H and O–H groups in total. The summed E-state index contributed by atoms with van der Waals surface area (Å²) in [5, 5.41) is 12.9. The van der Waals surface area contributed by atoms with E-state index in [2.05, 4.69) is 17.1 Å². The van der Waals surface area contributed by atoms with Crippen LogP contribution in [0.3, 0.4) is 0 Å². The number of nitrogens with one attached hydrogen (secondary N) is 1. The molecule has 3 nitrogen and oxygen atoms in total. The SMILES string of the molecule is CCCN(CC(C)O)CC1CCCNC1. The van der Waals surface area contributed by atoms with Crippen molar-refractivity contribution in [2.75, 3.05) is 32.7 Å². The van der Waals surface area contributed by atoms with Gasteiger partial charge in [-0.3, -0.25) is 0 Å². The number of piperidine rings is 1. The molecular formula is C12H26N2O. The highest BCUT2D eigenvalue weighted by molar-refractivity contribution is 4.73. The number of aliphatic hydroxyl groups is 1. The molecule has 0 bridgehead atoms. The van der Waals surface area contributed by atoms with E-state index in [1.54, 1.807) is 0 Å². The summed E-state index contributed by atoms with van der Waals surface area (Å²) in [6.07, 6.45) is 3.62. The minimum atomic E-state index is -0.201. The van der Waals surface area contributed by atoms with Crippen LogP contribution in [0.2, 0.25) is 0 Å². The van der Waals surface area contributed by atoms with Crippen molar-refractivity contribution in [3.05, 3.63) is 0 Å². The van der Waals surface area contributed by atoms with Gasteiger partial charge in [0, 0.05) is 13.1 Å². The van der Waals surface area contributed by atoms with Crippen LogP contribution in [0.1, 0.15) is 33.1 Å². The molecule has 0 aromatic carbocycles. The van der Waals surface area contributed by atoms with Crippen molar-refractivity contribution in [3.63, 3.8) is 0 Å². The monoisotopic (exact) mass is 214 g/mol. The van der Waals surface area contributed by atoms with Gasteiger partial charge in [0.2, 0.25) is 0 Å². The van der Waals surface area contributed by atoms with Gasteiger partial charge in [0.15, 0.2) is 0 Å². The molecular weight excluding hydrogens is 188 g/mol. The largest absolute Gasteiger partial charge is 0.392 e. The van der Waals surface area contributed by atoms with Gasteiger partial charge in [-0.2, -0.15) is 0 Å². The Morgan fingerprint density at radius 2 is 2.33 bits per heavy atom. The normalized spacial score (nSPS) is 24.4. The maximum atomic E-state index is 9.42. The van der Waals surface area contributed by atoms with Crippen LogP contribution in [0, 0.1) is 5.92 Å². The smallest absolute Gasteiger partial charge is 0.0639 e. The third-order valence-corrected chi connectivity index (χ3v) is 2.98. The Morgan fingerprint density at radius 1 is 1.53 bits per heavy atom. The van der Waals surface area contributed by atoms with Gasteiger partial charge in [0.1, 0.15) is 0 Å². The van der Waals surface area contributed by atoms with Crippen molar-refractivity contribution in [1.29, 1.82) is 0 Å². The highest BCUT2D eigenvalue weighted by atomic mass is 16.3. The Bertz CT molecular complexity index is 156. The number of nitrogens with zero attached hydrogens (tertiary/aromatic N) is 1. The lowest BCUT2D eigenvalue weighted by molar-refractivity contribution is 0.111. The summed E-state index contributed by atoms with van der Waals surface area (Å²) < 4.78 is 0. The number of hydrogen-bond acceptors (Lipinski definition) is 3. The lowest BCUT2D eigenvalue weighted by Crippen LogP contribution is -2.41. The molecule has 1 aliphatic rings. The van der Waals surface area contributed by atoms with Crippen molar-refractivity contribution in [2.45, 2.75) is 39.2 Å². The lowest BCUT2D eigenvalue weighted by Gasteiger charge is -2.30. The third kappa shape index (κ3) is 5.50. The first-order valence-electron chi connectivity index (χ1n) is 6.33. The van der Waals surface area contributed by atoms with E-state index in [0.29, 0.717) is 0 Å². The summed E-state index contributed by atoms with van der Waals surface area (Å²) in [5.74, 6) is 0.782. The van der Waals surface area contributed by atoms with E-state index in [1.807, 2.05) is 6.92 Å². The van der Waals surface area contributed by atoms with Gasteiger partial charge in [-0.05, 0) is 51.7 Å². The van der Waals surface area contributed by atoms with Crippen molar-refractivity contribution in [1.82, 2.24) is 10.2 Å². The minimum Gasteiger partial charge on any atom is -0.392 e. The minimum absolute atomic E-state index is 0.201. The maximum Gasteiger partial charge on any atom is 0.0639 e. The fraction of sp³-hybridized carbons (Fsp3) is 1.00. The quantitative estimate of drug-likeness (QED) is 0.694. The first kappa shape index (κ1) is 12.9. The van der Waals surface area contributed by atoms with E-state index in [0.717, 1.165) is 32.1 Å². The fourth-order valence-electron chi connectivity index (χ4n) is 2.39. The molecule has 1 saturated heterocycles. The Labute approximate surface area is 93.9 Å². The zero-order valence-corrected chi connectivity index (χ0v) is 10.2. The van der Waals surface area contributed by atoms with Gasteiger partial charge in [-0.25, -0.2) is 0 Å². The van der Waals surface area contributed by atoms with Crippen molar-refractivity contribution >= 4 is 0 Å². The summed E-state index contributed by atoms with van der Waals surface area (Å²) in [4.78, 5) is 2.41. The lowest BCUT2D eigenvalue weighted by atomic mass is 9.99.